The molecule has 4 nitrogen and oxygen atoms in total. The van der Waals surface area contributed by atoms with Gasteiger partial charge in [-0.15, -0.1) is 0 Å². The number of ether oxygens (including phenoxy) is 2. The molecule has 1 heterocycles. The third kappa shape index (κ3) is 7.15. The predicted octanol–water partition coefficient (Wildman–Crippen LogP) is 3.73. The van der Waals surface area contributed by atoms with E-state index in [0.29, 0.717) is 18.7 Å². The van der Waals surface area contributed by atoms with Gasteiger partial charge in [0.25, 0.3) is 0 Å². The summed E-state index contributed by atoms with van der Waals surface area (Å²) in [4.78, 5) is 15.7. The molecule has 19 heavy (non-hydrogen) atoms. The van der Waals surface area contributed by atoms with Crippen LogP contribution in [0.3, 0.4) is 0 Å². The van der Waals surface area contributed by atoms with Crippen molar-refractivity contribution in [1.29, 1.82) is 0 Å². The Morgan fingerprint density at radius 3 is 2.74 bits per heavy atom. The number of hydrogen-bond acceptors (Lipinski definition) is 4. The Bertz CT molecular complexity index is 429. The maximum atomic E-state index is 11.6. The quantitative estimate of drug-likeness (QED) is 0.772. The van der Waals surface area contributed by atoms with Gasteiger partial charge in [0, 0.05) is 23.2 Å². The fourth-order valence-corrected chi connectivity index (χ4v) is 1.74. The molecule has 0 amide bonds. The summed E-state index contributed by atoms with van der Waals surface area (Å²) in [6, 6.07) is 3.63. The van der Waals surface area contributed by atoms with Gasteiger partial charge in [0.15, 0.2) is 0 Å². The zero-order chi connectivity index (χ0) is 14.5. The monoisotopic (exact) mass is 329 g/mol. The van der Waals surface area contributed by atoms with E-state index in [9.17, 15) is 4.79 Å². The second kappa shape index (κ2) is 6.89. The summed E-state index contributed by atoms with van der Waals surface area (Å²) < 4.78 is 11.8. The molecule has 0 radical (unpaired) electrons. The summed E-state index contributed by atoms with van der Waals surface area (Å²) in [5, 5.41) is 0. The number of pyridine rings is 1. The van der Waals surface area contributed by atoms with E-state index >= 15 is 0 Å². The van der Waals surface area contributed by atoms with Gasteiger partial charge in [0.05, 0.1) is 6.10 Å². The van der Waals surface area contributed by atoms with E-state index in [1.54, 1.807) is 12.3 Å². The van der Waals surface area contributed by atoms with Crippen molar-refractivity contribution in [1.82, 2.24) is 4.98 Å². The molecule has 0 fully saturated rings. The fraction of sp³-hybridized carbons (Fsp3) is 0.571. The normalized spacial score (nSPS) is 12.9. The van der Waals surface area contributed by atoms with Crippen LogP contribution in [0.1, 0.15) is 40.5 Å². The highest BCUT2D eigenvalue weighted by atomic mass is 79.9. The molecular weight excluding hydrogens is 310 g/mol. The van der Waals surface area contributed by atoms with Crippen molar-refractivity contribution in [3.8, 4) is 5.88 Å². The number of nitrogens with zero attached hydrogens (tertiary/aromatic N) is 1. The first-order valence-electron chi connectivity index (χ1n) is 6.26. The van der Waals surface area contributed by atoms with E-state index in [1.165, 1.54) is 0 Å². The lowest BCUT2D eigenvalue weighted by Gasteiger charge is -2.20. The van der Waals surface area contributed by atoms with Gasteiger partial charge in [-0.3, -0.25) is 4.79 Å². The number of hydrogen-bond donors (Lipinski definition) is 0. The second-order valence-electron chi connectivity index (χ2n) is 5.37. The molecule has 0 bridgehead atoms. The maximum absolute atomic E-state index is 11.6. The Hall–Kier alpha value is -1.10. The van der Waals surface area contributed by atoms with Crippen molar-refractivity contribution >= 4 is 21.9 Å². The summed E-state index contributed by atoms with van der Waals surface area (Å²) in [6.07, 6.45) is 2.52. The van der Waals surface area contributed by atoms with Gasteiger partial charge in [-0.05, 0) is 40.2 Å². The molecule has 106 valence electrons. The first-order valence-corrected chi connectivity index (χ1v) is 7.05. The van der Waals surface area contributed by atoms with Crippen molar-refractivity contribution in [3.63, 3.8) is 0 Å². The molecule has 0 spiro atoms. The van der Waals surface area contributed by atoms with Crippen LogP contribution in [0.25, 0.3) is 0 Å². The Kier molecular flexibility index (Phi) is 5.79. The molecule has 1 unspecified atom stereocenters. The summed E-state index contributed by atoms with van der Waals surface area (Å²) in [6.45, 7) is 7.48. The molecule has 0 aliphatic heterocycles. The van der Waals surface area contributed by atoms with Crippen LogP contribution in [0.5, 0.6) is 5.88 Å². The minimum atomic E-state index is -0.437. The van der Waals surface area contributed by atoms with Crippen LogP contribution in [0.2, 0.25) is 0 Å². The van der Waals surface area contributed by atoms with Crippen LogP contribution in [-0.2, 0) is 9.53 Å². The van der Waals surface area contributed by atoms with Crippen molar-refractivity contribution in [2.45, 2.75) is 52.2 Å². The first kappa shape index (κ1) is 16.0. The highest BCUT2D eigenvalue weighted by Gasteiger charge is 2.17. The lowest BCUT2D eigenvalue weighted by molar-refractivity contribution is -0.155. The lowest BCUT2D eigenvalue weighted by atomic mass is 10.2. The average Bonchev–Trinajstić information content (AvgIpc) is 2.24. The maximum Gasteiger partial charge on any atom is 0.306 e. The molecule has 0 N–H and O–H groups in total. The van der Waals surface area contributed by atoms with Gasteiger partial charge in [-0.25, -0.2) is 4.98 Å². The summed E-state index contributed by atoms with van der Waals surface area (Å²) in [7, 11) is 0. The SMILES string of the molecule is CC(CCC(=O)OC(C)(C)C)Oc1cc(Br)ccn1. The smallest absolute Gasteiger partial charge is 0.306 e. The third-order valence-corrected chi connectivity index (χ3v) is 2.69. The van der Waals surface area contributed by atoms with Crippen LogP contribution >= 0.6 is 15.9 Å². The molecule has 0 saturated heterocycles. The molecule has 0 saturated carbocycles. The highest BCUT2D eigenvalue weighted by molar-refractivity contribution is 9.10. The van der Waals surface area contributed by atoms with E-state index in [2.05, 4.69) is 20.9 Å². The predicted molar refractivity (Wildman–Crippen MR) is 77.1 cm³/mol. The van der Waals surface area contributed by atoms with Crippen LogP contribution in [0, 0.1) is 0 Å². The van der Waals surface area contributed by atoms with Crippen molar-refractivity contribution in [2.75, 3.05) is 0 Å². The zero-order valence-electron chi connectivity index (χ0n) is 11.8. The van der Waals surface area contributed by atoms with Crippen LogP contribution in [0.4, 0.5) is 0 Å². The summed E-state index contributed by atoms with van der Waals surface area (Å²) >= 11 is 3.35. The van der Waals surface area contributed by atoms with E-state index in [1.807, 2.05) is 33.8 Å². The third-order valence-electron chi connectivity index (χ3n) is 2.19. The molecule has 1 rings (SSSR count). The highest BCUT2D eigenvalue weighted by Crippen LogP contribution is 2.17. The van der Waals surface area contributed by atoms with E-state index in [4.69, 9.17) is 9.47 Å². The lowest BCUT2D eigenvalue weighted by Crippen LogP contribution is -2.25. The number of carbonyl (C=O) groups excluding carboxylic acids is 1. The van der Waals surface area contributed by atoms with Crippen LogP contribution in [0.15, 0.2) is 22.8 Å². The molecule has 5 heteroatoms. The molecule has 0 aromatic carbocycles. The minimum Gasteiger partial charge on any atom is -0.475 e. The van der Waals surface area contributed by atoms with Gasteiger partial charge < -0.3 is 9.47 Å². The van der Waals surface area contributed by atoms with E-state index in [-0.39, 0.29) is 12.1 Å². The standard InChI is InChI=1S/C14H20BrNO3/c1-10(5-6-13(17)19-14(2,3)4)18-12-9-11(15)7-8-16-12/h7-10H,5-6H2,1-4H3. The number of rotatable bonds is 5. The number of aromatic nitrogens is 1. The van der Waals surface area contributed by atoms with Crippen LogP contribution in [-0.4, -0.2) is 22.7 Å². The molecule has 0 aliphatic rings. The first-order chi connectivity index (χ1) is 8.76. The van der Waals surface area contributed by atoms with Gasteiger partial charge >= 0.3 is 5.97 Å². The van der Waals surface area contributed by atoms with Crippen LogP contribution < -0.4 is 4.74 Å². The number of carbonyl (C=O) groups is 1. The molecule has 1 atom stereocenters. The van der Waals surface area contributed by atoms with Gasteiger partial charge in [-0.1, -0.05) is 15.9 Å². The van der Waals surface area contributed by atoms with Crippen molar-refractivity contribution < 1.29 is 14.3 Å². The van der Waals surface area contributed by atoms with Crippen molar-refractivity contribution in [2.24, 2.45) is 0 Å². The number of halogens is 1. The molecule has 0 aliphatic carbocycles. The van der Waals surface area contributed by atoms with Gasteiger partial charge in [0.2, 0.25) is 5.88 Å². The Morgan fingerprint density at radius 2 is 2.16 bits per heavy atom. The summed E-state index contributed by atoms with van der Waals surface area (Å²) in [5.74, 6) is 0.344. The molecule has 1 aromatic rings. The van der Waals surface area contributed by atoms with Gasteiger partial charge in [-0.2, -0.15) is 0 Å². The largest absolute Gasteiger partial charge is 0.475 e. The topological polar surface area (TPSA) is 48.4 Å². The van der Waals surface area contributed by atoms with Crippen molar-refractivity contribution in [3.05, 3.63) is 22.8 Å². The van der Waals surface area contributed by atoms with E-state index in [0.717, 1.165) is 4.47 Å². The summed E-state index contributed by atoms with van der Waals surface area (Å²) in [5.41, 5.74) is -0.437. The van der Waals surface area contributed by atoms with E-state index < -0.39 is 5.60 Å². The average molecular weight is 330 g/mol. The fourth-order valence-electron chi connectivity index (χ4n) is 1.43. The number of esters is 1. The minimum absolute atomic E-state index is 0.0886. The van der Waals surface area contributed by atoms with Gasteiger partial charge in [0.1, 0.15) is 5.60 Å². The Morgan fingerprint density at radius 1 is 1.47 bits per heavy atom. The second-order valence-corrected chi connectivity index (χ2v) is 6.28. The Balaban J connectivity index is 2.36. The Labute approximate surface area is 122 Å². The molecule has 1 aromatic heterocycles. The molecular formula is C14H20BrNO3. The zero-order valence-corrected chi connectivity index (χ0v) is 13.4.